The highest BCUT2D eigenvalue weighted by molar-refractivity contribution is 6.06. The van der Waals surface area contributed by atoms with Crippen molar-refractivity contribution in [3.05, 3.63) is 113 Å². The molecular weight excluding hydrogens is 614 g/mol. The Morgan fingerprint density at radius 1 is 0.792 bits per heavy atom. The molecule has 0 unspecified atom stereocenters. The summed E-state index contributed by atoms with van der Waals surface area (Å²) in [7, 11) is 0. The van der Waals surface area contributed by atoms with E-state index >= 15 is 0 Å². The van der Waals surface area contributed by atoms with E-state index in [9.17, 15) is 29.1 Å². The molecule has 0 aliphatic rings. The third-order valence-electron chi connectivity index (χ3n) is 7.17. The first kappa shape index (κ1) is 34.8. The molecule has 12 heteroatoms. The van der Waals surface area contributed by atoms with Gasteiger partial charge in [-0.15, -0.1) is 0 Å². The summed E-state index contributed by atoms with van der Waals surface area (Å²) in [6, 6.07) is 22.1. The maximum absolute atomic E-state index is 13.5. The molecule has 0 fully saturated rings. The number of amides is 3. The minimum atomic E-state index is -1.49. The van der Waals surface area contributed by atoms with Crippen LogP contribution in [0.3, 0.4) is 0 Å². The zero-order valence-electron chi connectivity index (χ0n) is 26.7. The molecule has 0 bridgehead atoms. The number of amidine groups is 1. The number of rotatable bonds is 12. The van der Waals surface area contributed by atoms with E-state index in [1.165, 1.54) is 42.5 Å². The van der Waals surface area contributed by atoms with Crippen molar-refractivity contribution in [3.8, 4) is 0 Å². The zero-order valence-corrected chi connectivity index (χ0v) is 26.7. The number of ether oxygens (including phenoxy) is 1. The molecule has 0 saturated carbocycles. The van der Waals surface area contributed by atoms with E-state index in [0.29, 0.717) is 16.7 Å². The Morgan fingerprint density at radius 2 is 1.44 bits per heavy atom. The highest BCUT2D eigenvalue weighted by Crippen LogP contribution is 2.20. The molecule has 2 atom stereocenters. The van der Waals surface area contributed by atoms with Crippen molar-refractivity contribution < 1.29 is 33.8 Å². The fourth-order valence-corrected chi connectivity index (χ4v) is 4.91. The van der Waals surface area contributed by atoms with Gasteiger partial charge in [-0.2, -0.15) is 0 Å². The Kier molecular flexibility index (Phi) is 10.9. The van der Waals surface area contributed by atoms with Crippen LogP contribution in [0.25, 0.3) is 10.8 Å². The van der Waals surface area contributed by atoms with Crippen LogP contribution in [0.1, 0.15) is 59.0 Å². The number of hydrogen-bond donors (Lipinski definition) is 6. The molecular formula is C36H37N5O7. The van der Waals surface area contributed by atoms with Gasteiger partial charge in [-0.05, 0) is 67.4 Å². The van der Waals surface area contributed by atoms with Gasteiger partial charge in [0.25, 0.3) is 11.8 Å². The van der Waals surface area contributed by atoms with E-state index in [4.69, 9.17) is 15.9 Å². The summed E-state index contributed by atoms with van der Waals surface area (Å²) in [5, 5.41) is 26.9. The fraction of sp³-hybridized carbons (Fsp3) is 0.222. The van der Waals surface area contributed by atoms with Crippen molar-refractivity contribution >= 4 is 52.0 Å². The molecule has 12 nitrogen and oxygen atoms in total. The lowest BCUT2D eigenvalue weighted by atomic mass is 9.98. The summed E-state index contributed by atoms with van der Waals surface area (Å²) < 4.78 is 5.37. The van der Waals surface area contributed by atoms with Crippen LogP contribution in [-0.2, 0) is 25.5 Å². The molecule has 48 heavy (non-hydrogen) atoms. The van der Waals surface area contributed by atoms with E-state index in [1.54, 1.807) is 39.0 Å². The summed E-state index contributed by atoms with van der Waals surface area (Å²) in [4.78, 5) is 64.8. The maximum Gasteiger partial charge on any atom is 0.326 e. The molecule has 0 aliphatic carbocycles. The van der Waals surface area contributed by atoms with Crippen LogP contribution in [-0.4, -0.2) is 58.3 Å². The average molecular weight is 652 g/mol. The third-order valence-corrected chi connectivity index (χ3v) is 7.17. The molecule has 3 amide bonds. The number of benzene rings is 4. The Balaban J connectivity index is 1.52. The highest BCUT2D eigenvalue weighted by Gasteiger charge is 2.31. The van der Waals surface area contributed by atoms with Crippen LogP contribution < -0.4 is 21.7 Å². The number of fused-ring (bicyclic) bond motifs is 1. The van der Waals surface area contributed by atoms with E-state index in [2.05, 4.69) is 16.0 Å². The molecule has 0 spiro atoms. The number of carbonyl (C=O) groups is 5. The quantitative estimate of drug-likeness (QED) is 0.0749. The van der Waals surface area contributed by atoms with Gasteiger partial charge in [0.15, 0.2) is 0 Å². The summed E-state index contributed by atoms with van der Waals surface area (Å²) in [5.41, 5.74) is 6.38. The minimum Gasteiger partial charge on any atom is -0.480 e. The van der Waals surface area contributed by atoms with Crippen molar-refractivity contribution in [1.29, 1.82) is 5.41 Å². The van der Waals surface area contributed by atoms with Gasteiger partial charge < -0.3 is 31.5 Å². The topological polar surface area (TPSA) is 201 Å². The summed E-state index contributed by atoms with van der Waals surface area (Å²) in [6.45, 7) is 4.96. The number of nitrogen functional groups attached to an aromatic ring is 1. The average Bonchev–Trinajstić information content (AvgIpc) is 3.03. The number of esters is 1. The Hall–Kier alpha value is -6.04. The van der Waals surface area contributed by atoms with Gasteiger partial charge in [-0.1, -0.05) is 60.7 Å². The van der Waals surface area contributed by atoms with E-state index in [-0.39, 0.29) is 23.5 Å². The lowest BCUT2D eigenvalue weighted by Gasteiger charge is -2.24. The first-order valence-corrected chi connectivity index (χ1v) is 15.1. The van der Waals surface area contributed by atoms with Crippen LogP contribution in [0, 0.1) is 5.41 Å². The van der Waals surface area contributed by atoms with Crippen LogP contribution in [0.15, 0.2) is 91.0 Å². The number of carboxylic acid groups (broad SMARTS) is 1. The smallest absolute Gasteiger partial charge is 0.326 e. The van der Waals surface area contributed by atoms with Crippen molar-refractivity contribution in [1.82, 2.24) is 10.6 Å². The summed E-state index contributed by atoms with van der Waals surface area (Å²) in [5.74, 6) is -4.32. The fourth-order valence-electron chi connectivity index (χ4n) is 4.91. The first-order chi connectivity index (χ1) is 22.7. The standard InChI is InChI=1S/C36H37N5O7/c1-36(2,3)48-30(42)20-28(34(45)41-29(35(46)47)19-24-10-6-9-21-8-4-5-13-27(21)24)40-33(44)25-11-7-12-26(18-25)39-32(43)23-16-14-22(15-17-23)31(37)38/h4-18,28-29H,19-20H2,1-3H3,(H3,37,38)(H,39,43)(H,40,44)(H,41,45)(H,46,47)/t28-,29-/m0/s1. The van der Waals surface area contributed by atoms with Crippen molar-refractivity contribution in [2.45, 2.75) is 51.3 Å². The van der Waals surface area contributed by atoms with Crippen LogP contribution >= 0.6 is 0 Å². The third kappa shape index (κ3) is 9.49. The van der Waals surface area contributed by atoms with Gasteiger partial charge in [0.05, 0.1) is 6.42 Å². The lowest BCUT2D eigenvalue weighted by molar-refractivity contribution is -0.156. The van der Waals surface area contributed by atoms with Crippen LogP contribution in [0.5, 0.6) is 0 Å². The molecule has 248 valence electrons. The van der Waals surface area contributed by atoms with Gasteiger partial charge in [0.2, 0.25) is 5.91 Å². The summed E-state index contributed by atoms with van der Waals surface area (Å²) >= 11 is 0. The van der Waals surface area contributed by atoms with Crippen LogP contribution in [0.2, 0.25) is 0 Å². The Morgan fingerprint density at radius 3 is 2.10 bits per heavy atom. The molecule has 0 radical (unpaired) electrons. The van der Waals surface area contributed by atoms with E-state index < -0.39 is 53.8 Å². The second-order valence-electron chi connectivity index (χ2n) is 12.1. The van der Waals surface area contributed by atoms with Gasteiger partial charge in [-0.25, -0.2) is 4.79 Å². The molecule has 0 aromatic heterocycles. The SMILES string of the molecule is CC(C)(C)OC(=O)C[C@H](NC(=O)c1cccc(NC(=O)c2ccc(C(=N)N)cc2)c1)C(=O)N[C@@H](Cc1cccc2ccccc12)C(=O)O. The maximum atomic E-state index is 13.5. The van der Waals surface area contributed by atoms with Crippen LogP contribution in [0.4, 0.5) is 5.69 Å². The van der Waals surface area contributed by atoms with Crippen molar-refractivity contribution in [2.24, 2.45) is 5.73 Å². The Labute approximate surface area is 277 Å². The number of aliphatic carboxylic acids is 1. The zero-order chi connectivity index (χ0) is 35.0. The number of anilines is 1. The lowest BCUT2D eigenvalue weighted by Crippen LogP contribution is -2.53. The van der Waals surface area contributed by atoms with E-state index in [0.717, 1.165) is 10.8 Å². The molecule has 0 aliphatic heterocycles. The number of nitrogens with one attached hydrogen (secondary N) is 4. The monoisotopic (exact) mass is 651 g/mol. The molecule has 0 heterocycles. The van der Waals surface area contributed by atoms with Crippen molar-refractivity contribution in [2.75, 3.05) is 5.32 Å². The highest BCUT2D eigenvalue weighted by atomic mass is 16.6. The number of carboxylic acids is 1. The first-order valence-electron chi connectivity index (χ1n) is 15.1. The molecule has 0 saturated heterocycles. The Bertz CT molecular complexity index is 1860. The summed E-state index contributed by atoms with van der Waals surface area (Å²) in [6.07, 6.45) is -0.614. The molecule has 4 rings (SSSR count). The number of carbonyl (C=O) groups excluding carboxylic acids is 4. The van der Waals surface area contributed by atoms with E-state index in [1.807, 2.05) is 30.3 Å². The predicted octanol–water partition coefficient (Wildman–Crippen LogP) is 4.02. The van der Waals surface area contributed by atoms with Crippen molar-refractivity contribution in [3.63, 3.8) is 0 Å². The van der Waals surface area contributed by atoms with Gasteiger partial charge in [0, 0.05) is 28.8 Å². The molecule has 7 N–H and O–H groups in total. The largest absolute Gasteiger partial charge is 0.480 e. The molecule has 4 aromatic rings. The number of nitrogens with two attached hydrogens (primary N) is 1. The second-order valence-corrected chi connectivity index (χ2v) is 12.1. The molecule has 4 aromatic carbocycles. The van der Waals surface area contributed by atoms with Gasteiger partial charge in [-0.3, -0.25) is 24.6 Å². The number of hydrogen-bond acceptors (Lipinski definition) is 7. The van der Waals surface area contributed by atoms with Gasteiger partial charge in [0.1, 0.15) is 23.5 Å². The normalized spacial score (nSPS) is 12.3. The van der Waals surface area contributed by atoms with Gasteiger partial charge >= 0.3 is 11.9 Å². The minimum absolute atomic E-state index is 0.0469. The second kappa shape index (κ2) is 15.0. The predicted molar refractivity (Wildman–Crippen MR) is 181 cm³/mol.